The van der Waals surface area contributed by atoms with E-state index in [9.17, 15) is 22.5 Å². The zero-order valence-electron chi connectivity index (χ0n) is 16.5. The minimum absolute atomic E-state index is 0.0501. The van der Waals surface area contributed by atoms with Crippen molar-refractivity contribution in [2.45, 2.75) is 19.0 Å². The Morgan fingerprint density at radius 3 is 2.42 bits per heavy atom. The van der Waals surface area contributed by atoms with E-state index in [0.717, 1.165) is 6.08 Å². The maximum Gasteiger partial charge on any atom is 0.399 e. The van der Waals surface area contributed by atoms with Gasteiger partial charge in [0.15, 0.2) is 0 Å². The summed E-state index contributed by atoms with van der Waals surface area (Å²) in [6.45, 7) is 2.18. The van der Waals surface area contributed by atoms with Crippen molar-refractivity contribution in [2.24, 2.45) is 5.92 Å². The van der Waals surface area contributed by atoms with Crippen LogP contribution in [0.15, 0.2) is 42.5 Å². The van der Waals surface area contributed by atoms with E-state index >= 15 is 0 Å². The molecule has 31 heavy (non-hydrogen) atoms. The molecule has 0 bridgehead atoms. The van der Waals surface area contributed by atoms with Crippen LogP contribution in [0, 0.1) is 12.8 Å². The summed E-state index contributed by atoms with van der Waals surface area (Å²) < 4.78 is 52.0. The number of rotatable bonds is 6. The summed E-state index contributed by atoms with van der Waals surface area (Å²) >= 11 is 11.0. The Morgan fingerprint density at radius 1 is 1.23 bits per heavy atom. The summed E-state index contributed by atoms with van der Waals surface area (Å²) in [6.07, 6.45) is -2.11. The van der Waals surface area contributed by atoms with Crippen molar-refractivity contribution < 1.29 is 22.5 Å². The highest BCUT2D eigenvalue weighted by Crippen LogP contribution is 2.38. The van der Waals surface area contributed by atoms with Gasteiger partial charge in [-0.05, 0) is 47.9 Å². The molecule has 1 saturated heterocycles. The topological polar surface area (TPSA) is 52.2 Å². The van der Waals surface area contributed by atoms with E-state index in [1.54, 1.807) is 25.1 Å². The first-order valence-electron chi connectivity index (χ1n) is 9.47. The number of alkyl halides is 3. The minimum atomic E-state index is -4.52. The van der Waals surface area contributed by atoms with E-state index in [1.165, 1.54) is 24.3 Å². The third kappa shape index (κ3) is 6.42. The first-order chi connectivity index (χ1) is 14.5. The van der Waals surface area contributed by atoms with E-state index in [2.05, 4.69) is 5.32 Å². The fourth-order valence-electron chi connectivity index (χ4n) is 3.34. The number of aryl methyl sites for hydroxylation is 1. The van der Waals surface area contributed by atoms with Crippen LogP contribution < -0.4 is 5.32 Å². The molecule has 2 aromatic rings. The van der Waals surface area contributed by atoms with Crippen molar-refractivity contribution in [2.75, 3.05) is 18.1 Å². The van der Waals surface area contributed by atoms with Crippen molar-refractivity contribution in [3.63, 3.8) is 0 Å². The lowest BCUT2D eigenvalue weighted by Gasteiger charge is -2.28. The molecule has 1 heterocycles. The summed E-state index contributed by atoms with van der Waals surface area (Å²) in [5, 5.41) is 3.08. The number of carbonyl (C=O) groups excluding carboxylic acids is 1. The lowest BCUT2D eigenvalue weighted by atomic mass is 9.96. The highest BCUT2D eigenvalue weighted by molar-refractivity contribution is 7.92. The highest BCUT2D eigenvalue weighted by Gasteiger charge is 2.39. The van der Waals surface area contributed by atoms with Crippen molar-refractivity contribution in [3.8, 4) is 0 Å². The van der Waals surface area contributed by atoms with Crippen LogP contribution in [0.4, 0.5) is 13.2 Å². The van der Waals surface area contributed by atoms with Gasteiger partial charge in [0.2, 0.25) is 0 Å². The number of halogens is 5. The normalized spacial score (nSPS) is 19.8. The second kappa shape index (κ2) is 9.86. The first-order valence-corrected chi connectivity index (χ1v) is 11.7. The fraction of sp³-hybridized carbons (Fsp3) is 0.318. The molecule has 0 saturated carbocycles. The van der Waals surface area contributed by atoms with Crippen molar-refractivity contribution >= 4 is 46.4 Å². The van der Waals surface area contributed by atoms with Gasteiger partial charge in [-0.3, -0.25) is 4.79 Å². The summed E-state index contributed by atoms with van der Waals surface area (Å²) in [5.74, 6) is -0.707. The monoisotopic (exact) mass is 489 g/mol. The van der Waals surface area contributed by atoms with Gasteiger partial charge in [0, 0.05) is 22.2 Å². The molecule has 9 heteroatoms. The molecule has 2 aromatic carbocycles. The summed E-state index contributed by atoms with van der Waals surface area (Å²) in [4.78, 5) is 12.4. The number of allylic oxidation sites excluding steroid dienone is 1. The standard InChI is InChI=1S/C22H20Cl2F3NO2S/c1-13-6-14(2-4-19(13)21(29)28-10-15-11-31(30)12-15)3-5-20(22(25,26)27)16-7-17(23)9-18(24)8-16/h2-9,15,20H,10-12H2,1H3,(H,28,29)/b5-3+/t15-,20?,31+. The van der Waals surface area contributed by atoms with Crippen molar-refractivity contribution in [3.05, 3.63) is 74.8 Å². The zero-order valence-corrected chi connectivity index (χ0v) is 18.8. The molecule has 0 radical (unpaired) electrons. The van der Waals surface area contributed by atoms with Crippen molar-refractivity contribution in [1.29, 1.82) is 0 Å². The summed E-state index contributed by atoms with van der Waals surface area (Å²) in [5.41, 5.74) is 1.58. The van der Waals surface area contributed by atoms with Crippen LogP contribution in [-0.2, 0) is 11.2 Å². The Hall–Kier alpha value is -1.67. The zero-order chi connectivity index (χ0) is 22.8. The molecule has 0 aromatic heterocycles. The summed E-state index contributed by atoms with van der Waals surface area (Å²) in [7, 11) is 0. The molecule has 3 nitrogen and oxygen atoms in total. The maximum absolute atomic E-state index is 13.6. The van der Waals surface area contributed by atoms with Gasteiger partial charge in [-0.2, -0.15) is 13.2 Å². The van der Waals surface area contributed by atoms with E-state index < -0.39 is 23.3 Å². The molecule has 1 unspecified atom stereocenters. The van der Waals surface area contributed by atoms with Crippen LogP contribution in [0.1, 0.15) is 33.0 Å². The van der Waals surface area contributed by atoms with Crippen LogP contribution in [0.3, 0.4) is 0 Å². The average Bonchev–Trinajstić information content (AvgIpc) is 2.62. The predicted octanol–water partition coefficient (Wildman–Crippen LogP) is 5.77. The Morgan fingerprint density at radius 2 is 1.87 bits per heavy atom. The molecular weight excluding hydrogens is 470 g/mol. The molecule has 3 rings (SSSR count). The van der Waals surface area contributed by atoms with Gasteiger partial charge < -0.3 is 9.87 Å². The van der Waals surface area contributed by atoms with Crippen molar-refractivity contribution in [1.82, 2.24) is 5.32 Å². The van der Waals surface area contributed by atoms with Gasteiger partial charge in [-0.1, -0.05) is 58.7 Å². The fourth-order valence-corrected chi connectivity index (χ4v) is 5.08. The van der Waals surface area contributed by atoms with E-state index in [1.807, 2.05) is 0 Å². The van der Waals surface area contributed by atoms with E-state index in [0.29, 0.717) is 34.7 Å². The van der Waals surface area contributed by atoms with Gasteiger partial charge in [-0.25, -0.2) is 0 Å². The van der Waals surface area contributed by atoms with Gasteiger partial charge in [-0.15, -0.1) is 0 Å². The molecular formula is C22H20Cl2F3NO2S. The van der Waals surface area contributed by atoms with Gasteiger partial charge in [0.05, 0.1) is 11.8 Å². The molecule has 0 spiro atoms. The number of hydrogen-bond donors (Lipinski definition) is 1. The first kappa shape index (κ1) is 24.0. The number of hydrogen-bond acceptors (Lipinski definition) is 2. The predicted molar refractivity (Wildman–Crippen MR) is 119 cm³/mol. The Kier molecular flexibility index (Phi) is 7.63. The van der Waals surface area contributed by atoms with E-state index in [4.69, 9.17) is 23.2 Å². The third-order valence-electron chi connectivity index (χ3n) is 4.97. The average molecular weight is 490 g/mol. The number of carbonyl (C=O) groups is 1. The van der Waals surface area contributed by atoms with Crippen LogP contribution in [0.25, 0.3) is 6.08 Å². The Balaban J connectivity index is 1.74. The molecule has 0 aliphatic carbocycles. The second-order valence-electron chi connectivity index (χ2n) is 7.50. The minimum Gasteiger partial charge on any atom is -0.616 e. The number of benzene rings is 2. The number of nitrogens with one attached hydrogen (secondary N) is 1. The largest absolute Gasteiger partial charge is 0.616 e. The Labute approximate surface area is 191 Å². The molecule has 1 fully saturated rings. The van der Waals surface area contributed by atoms with Crippen LogP contribution in [-0.4, -0.2) is 34.7 Å². The second-order valence-corrected chi connectivity index (χ2v) is 9.92. The smallest absolute Gasteiger partial charge is 0.399 e. The quantitative estimate of drug-likeness (QED) is 0.523. The van der Waals surface area contributed by atoms with Gasteiger partial charge in [0.25, 0.3) is 5.91 Å². The van der Waals surface area contributed by atoms with E-state index in [-0.39, 0.29) is 27.4 Å². The maximum atomic E-state index is 13.6. The molecule has 1 aliphatic rings. The molecule has 166 valence electrons. The van der Waals surface area contributed by atoms with Crippen LogP contribution in [0.2, 0.25) is 10.0 Å². The lowest BCUT2D eigenvalue weighted by Crippen LogP contribution is -2.44. The Bertz CT molecular complexity index is 971. The summed E-state index contributed by atoms with van der Waals surface area (Å²) in [6, 6.07) is 8.69. The number of amides is 1. The SMILES string of the molecule is Cc1cc(/C=C/C(c2cc(Cl)cc(Cl)c2)C(F)(F)F)ccc1C(=O)NC[C@H]1C[S@@+]([O-])C1. The van der Waals surface area contributed by atoms with Crippen LogP contribution in [0.5, 0.6) is 0 Å². The lowest BCUT2D eigenvalue weighted by molar-refractivity contribution is -0.139. The molecule has 1 atom stereocenters. The van der Waals surface area contributed by atoms with Gasteiger partial charge >= 0.3 is 6.18 Å². The highest BCUT2D eigenvalue weighted by atomic mass is 35.5. The van der Waals surface area contributed by atoms with Crippen LogP contribution >= 0.6 is 23.2 Å². The van der Waals surface area contributed by atoms with Gasteiger partial charge in [0.1, 0.15) is 11.5 Å². The molecule has 1 amide bonds. The third-order valence-corrected chi connectivity index (χ3v) is 7.09. The molecule has 1 N–H and O–H groups in total. The molecule has 1 aliphatic heterocycles.